The predicted octanol–water partition coefficient (Wildman–Crippen LogP) is 0.161. The van der Waals surface area contributed by atoms with Gasteiger partial charge in [-0.1, -0.05) is 12.1 Å². The lowest BCUT2D eigenvalue weighted by Crippen LogP contribution is -2.31. The van der Waals surface area contributed by atoms with Crippen molar-refractivity contribution in [2.75, 3.05) is 13.1 Å². The first-order valence-corrected chi connectivity index (χ1v) is 6.07. The van der Waals surface area contributed by atoms with Crippen LogP contribution in [0.5, 0.6) is 0 Å². The second-order valence-corrected chi connectivity index (χ2v) is 4.29. The van der Waals surface area contributed by atoms with Crippen LogP contribution >= 0.6 is 0 Å². The van der Waals surface area contributed by atoms with Crippen LogP contribution in [0, 0.1) is 0 Å². The number of amides is 1. The second-order valence-electron chi connectivity index (χ2n) is 4.29. The van der Waals surface area contributed by atoms with E-state index in [1.165, 1.54) is 4.68 Å². The van der Waals surface area contributed by atoms with E-state index in [-0.39, 0.29) is 18.1 Å². The van der Waals surface area contributed by atoms with Crippen molar-refractivity contribution in [2.24, 2.45) is 0 Å². The fourth-order valence-corrected chi connectivity index (χ4v) is 2.17. The fourth-order valence-electron chi connectivity index (χ4n) is 2.17. The Kier molecular flexibility index (Phi) is 3.59. The molecule has 1 aromatic rings. The van der Waals surface area contributed by atoms with Crippen LogP contribution in [0.1, 0.15) is 35.9 Å². The van der Waals surface area contributed by atoms with Crippen molar-refractivity contribution in [1.29, 1.82) is 0 Å². The molecule has 1 amide bonds. The molecule has 0 spiro atoms. The molecule has 2 rings (SSSR count). The number of rotatable bonds is 4. The van der Waals surface area contributed by atoms with Gasteiger partial charge in [0.2, 0.25) is 5.91 Å². The highest BCUT2D eigenvalue weighted by Crippen LogP contribution is 2.10. The number of aromatic carboxylic acids is 1. The summed E-state index contributed by atoms with van der Waals surface area (Å²) in [4.78, 5) is 24.7. The van der Waals surface area contributed by atoms with Crippen molar-refractivity contribution in [3.8, 4) is 0 Å². The van der Waals surface area contributed by atoms with Crippen LogP contribution in [-0.2, 0) is 17.8 Å². The lowest BCUT2D eigenvalue weighted by atomic mass is 10.2. The van der Waals surface area contributed by atoms with Crippen LogP contribution in [0.2, 0.25) is 0 Å². The van der Waals surface area contributed by atoms with Crippen LogP contribution in [0.4, 0.5) is 0 Å². The van der Waals surface area contributed by atoms with Crippen molar-refractivity contribution in [3.63, 3.8) is 0 Å². The molecule has 0 bridgehead atoms. The molecule has 1 fully saturated rings. The summed E-state index contributed by atoms with van der Waals surface area (Å²) in [7, 11) is 0. The Labute approximate surface area is 104 Å². The summed E-state index contributed by atoms with van der Waals surface area (Å²) in [5, 5.41) is 16.3. The van der Waals surface area contributed by atoms with Crippen LogP contribution in [0.3, 0.4) is 0 Å². The number of carbonyl (C=O) groups is 2. The number of aromatic nitrogens is 3. The standard InChI is InChI=1S/C11H16N4O3/c1-2-8-10(11(17)18)12-13-15(8)7-9(16)14-5-3-4-6-14/h2-7H2,1H3,(H,17,18). The van der Waals surface area contributed by atoms with Crippen molar-refractivity contribution < 1.29 is 14.7 Å². The molecule has 0 radical (unpaired) electrons. The van der Waals surface area contributed by atoms with Gasteiger partial charge in [0, 0.05) is 13.1 Å². The monoisotopic (exact) mass is 252 g/mol. The molecule has 0 aliphatic carbocycles. The first kappa shape index (κ1) is 12.5. The minimum absolute atomic E-state index is 0.0240. The van der Waals surface area contributed by atoms with E-state index >= 15 is 0 Å². The zero-order valence-electron chi connectivity index (χ0n) is 10.3. The van der Waals surface area contributed by atoms with E-state index in [1.807, 2.05) is 6.92 Å². The van der Waals surface area contributed by atoms with E-state index in [9.17, 15) is 9.59 Å². The smallest absolute Gasteiger partial charge is 0.358 e. The first-order chi connectivity index (χ1) is 8.63. The summed E-state index contributed by atoms with van der Waals surface area (Å²) in [5.74, 6) is -1.13. The Morgan fingerprint density at radius 1 is 1.33 bits per heavy atom. The quantitative estimate of drug-likeness (QED) is 0.824. The molecular weight excluding hydrogens is 236 g/mol. The maximum absolute atomic E-state index is 12.0. The zero-order valence-corrected chi connectivity index (χ0v) is 10.3. The summed E-state index contributed by atoms with van der Waals surface area (Å²) >= 11 is 0. The Morgan fingerprint density at radius 3 is 2.56 bits per heavy atom. The van der Waals surface area contributed by atoms with Crippen molar-refractivity contribution in [1.82, 2.24) is 19.9 Å². The molecular formula is C11H16N4O3. The second kappa shape index (κ2) is 5.16. The molecule has 0 unspecified atom stereocenters. The lowest BCUT2D eigenvalue weighted by Gasteiger charge is -2.15. The van der Waals surface area contributed by atoms with Gasteiger partial charge in [0.25, 0.3) is 0 Å². The molecule has 1 saturated heterocycles. The van der Waals surface area contributed by atoms with Gasteiger partial charge in [0.15, 0.2) is 5.69 Å². The molecule has 7 nitrogen and oxygen atoms in total. The third-order valence-corrected chi connectivity index (χ3v) is 3.12. The van der Waals surface area contributed by atoms with E-state index in [2.05, 4.69) is 10.3 Å². The normalized spacial score (nSPS) is 15.1. The third kappa shape index (κ3) is 2.34. The van der Waals surface area contributed by atoms with E-state index in [4.69, 9.17) is 5.11 Å². The van der Waals surface area contributed by atoms with Gasteiger partial charge in [0.1, 0.15) is 6.54 Å². The van der Waals surface area contributed by atoms with Gasteiger partial charge >= 0.3 is 5.97 Å². The van der Waals surface area contributed by atoms with Crippen LogP contribution < -0.4 is 0 Å². The molecule has 98 valence electrons. The molecule has 0 atom stereocenters. The van der Waals surface area contributed by atoms with Crippen LogP contribution in [0.15, 0.2) is 0 Å². The van der Waals surface area contributed by atoms with Gasteiger partial charge < -0.3 is 10.0 Å². The number of carboxylic acids is 1. The molecule has 1 aliphatic rings. The molecule has 1 aromatic heterocycles. The molecule has 2 heterocycles. The number of carbonyl (C=O) groups excluding carboxylic acids is 1. The predicted molar refractivity (Wildman–Crippen MR) is 62.2 cm³/mol. The van der Waals surface area contributed by atoms with E-state index < -0.39 is 5.97 Å². The third-order valence-electron chi connectivity index (χ3n) is 3.12. The fraction of sp³-hybridized carbons (Fsp3) is 0.636. The summed E-state index contributed by atoms with van der Waals surface area (Å²) < 4.78 is 1.39. The maximum Gasteiger partial charge on any atom is 0.358 e. The Hall–Kier alpha value is -1.92. The Balaban J connectivity index is 2.13. The van der Waals surface area contributed by atoms with Gasteiger partial charge in [-0.2, -0.15) is 0 Å². The van der Waals surface area contributed by atoms with Crippen molar-refractivity contribution in [2.45, 2.75) is 32.7 Å². The Bertz CT molecular complexity index is 463. The van der Waals surface area contributed by atoms with E-state index in [1.54, 1.807) is 4.90 Å². The highest BCUT2D eigenvalue weighted by Gasteiger charge is 2.22. The average Bonchev–Trinajstić information content (AvgIpc) is 2.97. The van der Waals surface area contributed by atoms with Gasteiger partial charge in [-0.25, -0.2) is 9.48 Å². The molecule has 1 aliphatic heterocycles. The minimum Gasteiger partial charge on any atom is -0.476 e. The molecule has 0 aromatic carbocycles. The first-order valence-electron chi connectivity index (χ1n) is 6.07. The maximum atomic E-state index is 12.0. The van der Waals surface area contributed by atoms with Crippen LogP contribution in [-0.4, -0.2) is 50.0 Å². The number of hydrogen-bond acceptors (Lipinski definition) is 4. The van der Waals surface area contributed by atoms with Crippen LogP contribution in [0.25, 0.3) is 0 Å². The van der Waals surface area contributed by atoms with Crippen molar-refractivity contribution >= 4 is 11.9 Å². The minimum atomic E-state index is -1.10. The summed E-state index contributed by atoms with van der Waals surface area (Å²) in [6.45, 7) is 3.45. The lowest BCUT2D eigenvalue weighted by molar-refractivity contribution is -0.131. The molecule has 1 N–H and O–H groups in total. The highest BCUT2D eigenvalue weighted by molar-refractivity contribution is 5.86. The summed E-state index contributed by atoms with van der Waals surface area (Å²) in [6, 6.07) is 0. The molecule has 0 saturated carbocycles. The van der Waals surface area contributed by atoms with Crippen molar-refractivity contribution in [3.05, 3.63) is 11.4 Å². The van der Waals surface area contributed by atoms with Gasteiger partial charge in [-0.05, 0) is 19.3 Å². The van der Waals surface area contributed by atoms with Gasteiger partial charge in [-0.15, -0.1) is 5.10 Å². The average molecular weight is 252 g/mol. The zero-order chi connectivity index (χ0) is 13.1. The number of hydrogen-bond donors (Lipinski definition) is 1. The summed E-state index contributed by atoms with van der Waals surface area (Å²) in [6.07, 6.45) is 2.55. The number of carboxylic acid groups (broad SMARTS) is 1. The number of nitrogens with zero attached hydrogens (tertiary/aromatic N) is 4. The largest absolute Gasteiger partial charge is 0.476 e. The van der Waals surface area contributed by atoms with E-state index in [0.717, 1.165) is 25.9 Å². The highest BCUT2D eigenvalue weighted by atomic mass is 16.4. The van der Waals surface area contributed by atoms with E-state index in [0.29, 0.717) is 12.1 Å². The van der Waals surface area contributed by atoms with Gasteiger partial charge in [0.05, 0.1) is 5.69 Å². The summed E-state index contributed by atoms with van der Waals surface area (Å²) in [5.41, 5.74) is 0.432. The SMILES string of the molecule is CCc1c(C(=O)O)nnn1CC(=O)N1CCCC1. The number of likely N-dealkylation sites (tertiary alicyclic amines) is 1. The molecule has 7 heteroatoms. The topological polar surface area (TPSA) is 88.3 Å². The van der Waals surface area contributed by atoms with Gasteiger partial charge in [-0.3, -0.25) is 4.79 Å². The Morgan fingerprint density at radius 2 is 2.00 bits per heavy atom. The molecule has 18 heavy (non-hydrogen) atoms.